The smallest absolute Gasteiger partial charge is 0.129 e. The zero-order valence-electron chi connectivity index (χ0n) is 10.8. The molecule has 1 aromatic heterocycles. The molecule has 0 fully saturated rings. The third kappa shape index (κ3) is 3.67. The molecule has 2 rings (SSSR count). The summed E-state index contributed by atoms with van der Waals surface area (Å²) in [6.45, 7) is 2.95. The first kappa shape index (κ1) is 14.3. The van der Waals surface area contributed by atoms with Crippen molar-refractivity contribution in [3.05, 3.63) is 58.2 Å². The fraction of sp³-hybridized carbons (Fsp3) is 0.333. The Bertz CT molecular complexity index is 493. The van der Waals surface area contributed by atoms with Gasteiger partial charge in [-0.3, -0.25) is 0 Å². The molecule has 0 amide bonds. The molecule has 0 aliphatic carbocycles. The average molecular weight is 326 g/mol. The number of rotatable bonds is 6. The third-order valence-corrected chi connectivity index (χ3v) is 3.70. The first-order chi connectivity index (χ1) is 9.22. The summed E-state index contributed by atoms with van der Waals surface area (Å²) < 4.78 is 19.9. The first-order valence-corrected chi connectivity index (χ1v) is 7.20. The zero-order chi connectivity index (χ0) is 13.7. The molecule has 0 bridgehead atoms. The average Bonchev–Trinajstić information content (AvgIpc) is 2.88. The Hall–Kier alpha value is -1.13. The van der Waals surface area contributed by atoms with Crippen LogP contribution in [0.4, 0.5) is 4.39 Å². The van der Waals surface area contributed by atoms with Gasteiger partial charge < -0.3 is 9.73 Å². The van der Waals surface area contributed by atoms with E-state index in [-0.39, 0.29) is 11.9 Å². The lowest BCUT2D eigenvalue weighted by Crippen LogP contribution is -2.25. The maximum Gasteiger partial charge on any atom is 0.129 e. The van der Waals surface area contributed by atoms with Crippen LogP contribution in [0.25, 0.3) is 0 Å². The molecule has 1 unspecified atom stereocenters. The SMILES string of the molecule is CCCNC(Cc1ccoc1)c1c(F)cccc1Br. The van der Waals surface area contributed by atoms with Crippen LogP contribution >= 0.6 is 15.9 Å². The highest BCUT2D eigenvalue weighted by Gasteiger charge is 2.19. The number of nitrogens with one attached hydrogen (secondary N) is 1. The highest BCUT2D eigenvalue weighted by Crippen LogP contribution is 2.28. The fourth-order valence-electron chi connectivity index (χ4n) is 2.08. The molecule has 1 aromatic carbocycles. The number of hydrogen-bond donors (Lipinski definition) is 1. The second-order valence-electron chi connectivity index (χ2n) is 4.48. The van der Waals surface area contributed by atoms with E-state index in [2.05, 4.69) is 28.2 Å². The predicted molar refractivity (Wildman–Crippen MR) is 77.5 cm³/mol. The second kappa shape index (κ2) is 6.87. The largest absolute Gasteiger partial charge is 0.472 e. The van der Waals surface area contributed by atoms with Crippen molar-refractivity contribution in [1.82, 2.24) is 5.32 Å². The van der Waals surface area contributed by atoms with Crippen LogP contribution in [-0.4, -0.2) is 6.54 Å². The Balaban J connectivity index is 2.26. The van der Waals surface area contributed by atoms with Crippen LogP contribution in [0.1, 0.15) is 30.5 Å². The summed E-state index contributed by atoms with van der Waals surface area (Å²) in [7, 11) is 0. The minimum Gasteiger partial charge on any atom is -0.472 e. The maximum absolute atomic E-state index is 14.1. The molecule has 0 saturated heterocycles. The lowest BCUT2D eigenvalue weighted by Gasteiger charge is -2.20. The van der Waals surface area contributed by atoms with Gasteiger partial charge in [0.15, 0.2) is 0 Å². The molecule has 1 heterocycles. The summed E-state index contributed by atoms with van der Waals surface area (Å²) in [5.41, 5.74) is 1.74. The molecule has 0 saturated carbocycles. The van der Waals surface area contributed by atoms with Gasteiger partial charge in [-0.25, -0.2) is 4.39 Å². The Morgan fingerprint density at radius 1 is 1.37 bits per heavy atom. The molecule has 0 radical (unpaired) electrons. The summed E-state index contributed by atoms with van der Waals surface area (Å²) in [6, 6.07) is 6.92. The van der Waals surface area contributed by atoms with Gasteiger partial charge in [0.2, 0.25) is 0 Å². The van der Waals surface area contributed by atoms with Crippen molar-refractivity contribution in [2.24, 2.45) is 0 Å². The Morgan fingerprint density at radius 3 is 2.84 bits per heavy atom. The van der Waals surface area contributed by atoms with Gasteiger partial charge in [-0.1, -0.05) is 28.9 Å². The quantitative estimate of drug-likeness (QED) is 0.847. The van der Waals surface area contributed by atoms with Crippen LogP contribution in [0.15, 0.2) is 45.7 Å². The van der Waals surface area contributed by atoms with Gasteiger partial charge in [-0.05, 0) is 43.1 Å². The summed E-state index contributed by atoms with van der Waals surface area (Å²) in [5, 5.41) is 3.39. The molecule has 102 valence electrons. The van der Waals surface area contributed by atoms with E-state index < -0.39 is 0 Å². The fourth-order valence-corrected chi connectivity index (χ4v) is 2.70. The second-order valence-corrected chi connectivity index (χ2v) is 5.33. The van der Waals surface area contributed by atoms with Crippen LogP contribution in [-0.2, 0) is 6.42 Å². The first-order valence-electron chi connectivity index (χ1n) is 6.40. The molecule has 2 nitrogen and oxygen atoms in total. The topological polar surface area (TPSA) is 25.2 Å². The molecule has 1 atom stereocenters. The number of halogens is 2. The molecule has 0 aliphatic rings. The van der Waals surface area contributed by atoms with E-state index in [1.807, 2.05) is 12.1 Å². The minimum atomic E-state index is -0.188. The predicted octanol–water partition coefficient (Wildman–Crippen LogP) is 4.46. The Morgan fingerprint density at radius 2 is 2.21 bits per heavy atom. The van der Waals surface area contributed by atoms with Crippen molar-refractivity contribution in [2.75, 3.05) is 6.54 Å². The zero-order valence-corrected chi connectivity index (χ0v) is 12.4. The van der Waals surface area contributed by atoms with Gasteiger partial charge in [0, 0.05) is 16.1 Å². The maximum atomic E-state index is 14.1. The normalized spacial score (nSPS) is 12.6. The van der Waals surface area contributed by atoms with E-state index in [0.717, 1.165) is 23.0 Å². The number of furan rings is 1. The van der Waals surface area contributed by atoms with E-state index in [0.29, 0.717) is 12.0 Å². The molecule has 4 heteroatoms. The van der Waals surface area contributed by atoms with Gasteiger partial charge in [0.05, 0.1) is 12.5 Å². The van der Waals surface area contributed by atoms with Crippen LogP contribution in [0.3, 0.4) is 0 Å². The molecular formula is C15H17BrFNO. The summed E-state index contributed by atoms with van der Waals surface area (Å²) in [5.74, 6) is -0.188. The van der Waals surface area contributed by atoms with E-state index >= 15 is 0 Å². The summed E-state index contributed by atoms with van der Waals surface area (Å²) in [4.78, 5) is 0. The van der Waals surface area contributed by atoms with E-state index in [1.54, 1.807) is 18.6 Å². The van der Waals surface area contributed by atoms with Crippen LogP contribution in [0, 0.1) is 5.82 Å². The van der Waals surface area contributed by atoms with Gasteiger partial charge in [0.25, 0.3) is 0 Å². The standard InChI is InChI=1S/C15H17BrFNO/c1-2-7-18-14(9-11-6-8-19-10-11)15-12(16)4-3-5-13(15)17/h3-6,8,10,14,18H,2,7,9H2,1H3. The van der Waals surface area contributed by atoms with Gasteiger partial charge >= 0.3 is 0 Å². The summed E-state index contributed by atoms with van der Waals surface area (Å²) >= 11 is 3.44. The van der Waals surface area contributed by atoms with Crippen LogP contribution in [0.5, 0.6) is 0 Å². The molecule has 0 spiro atoms. The molecule has 0 aliphatic heterocycles. The lowest BCUT2D eigenvalue weighted by atomic mass is 10.00. The van der Waals surface area contributed by atoms with Gasteiger partial charge in [0.1, 0.15) is 5.82 Å². The minimum absolute atomic E-state index is 0.0619. The highest BCUT2D eigenvalue weighted by molar-refractivity contribution is 9.10. The molecule has 1 N–H and O–H groups in total. The Labute approximate surface area is 121 Å². The third-order valence-electron chi connectivity index (χ3n) is 3.01. The van der Waals surface area contributed by atoms with Crippen LogP contribution < -0.4 is 5.32 Å². The number of hydrogen-bond acceptors (Lipinski definition) is 2. The van der Waals surface area contributed by atoms with Crippen molar-refractivity contribution in [3.63, 3.8) is 0 Å². The van der Waals surface area contributed by atoms with Gasteiger partial charge in [-0.2, -0.15) is 0 Å². The van der Waals surface area contributed by atoms with E-state index in [9.17, 15) is 4.39 Å². The van der Waals surface area contributed by atoms with Crippen molar-refractivity contribution in [2.45, 2.75) is 25.8 Å². The van der Waals surface area contributed by atoms with Crippen LogP contribution in [0.2, 0.25) is 0 Å². The highest BCUT2D eigenvalue weighted by atomic mass is 79.9. The van der Waals surface area contributed by atoms with Crippen molar-refractivity contribution < 1.29 is 8.81 Å². The van der Waals surface area contributed by atoms with Crippen molar-refractivity contribution >= 4 is 15.9 Å². The van der Waals surface area contributed by atoms with Gasteiger partial charge in [-0.15, -0.1) is 0 Å². The molecular weight excluding hydrogens is 309 g/mol. The van der Waals surface area contributed by atoms with Crippen molar-refractivity contribution in [3.8, 4) is 0 Å². The monoisotopic (exact) mass is 325 g/mol. The van der Waals surface area contributed by atoms with E-state index in [1.165, 1.54) is 6.07 Å². The summed E-state index contributed by atoms with van der Waals surface area (Å²) in [6.07, 6.45) is 5.06. The molecule has 2 aromatic rings. The molecule has 19 heavy (non-hydrogen) atoms. The van der Waals surface area contributed by atoms with Crippen molar-refractivity contribution in [1.29, 1.82) is 0 Å². The Kier molecular flexibility index (Phi) is 5.16. The van der Waals surface area contributed by atoms with E-state index in [4.69, 9.17) is 4.42 Å². The number of benzene rings is 1. The lowest BCUT2D eigenvalue weighted by molar-refractivity contribution is 0.491.